The van der Waals surface area contributed by atoms with Crippen LogP contribution in [0.15, 0.2) is 143 Å². The maximum absolute atomic E-state index is 13.5. The Balaban J connectivity index is 0.000000149. The van der Waals surface area contributed by atoms with E-state index in [4.69, 9.17) is 46.4 Å². The summed E-state index contributed by atoms with van der Waals surface area (Å²) in [5.74, 6) is 3.71. The highest BCUT2D eigenvalue weighted by Crippen LogP contribution is 2.53. The molecule has 12 heterocycles. The molecule has 0 aromatic carbocycles. The predicted molar refractivity (Wildman–Crippen MR) is 428 cm³/mol. The number of hydrogen-bond acceptors (Lipinski definition) is 27. The van der Waals surface area contributed by atoms with Crippen molar-refractivity contribution >= 4 is 82.7 Å². The highest BCUT2D eigenvalue weighted by molar-refractivity contribution is 7.90. The highest BCUT2D eigenvalue weighted by atomic mass is 32.2. The molecule has 3 unspecified atom stereocenters. The Bertz CT molecular complexity index is 4870. The predicted octanol–water partition coefficient (Wildman–Crippen LogP) is 9.50. The Labute approximate surface area is 663 Å². The number of sulfonamides is 3. The van der Waals surface area contributed by atoms with E-state index in [1.54, 1.807) is 87.2 Å². The van der Waals surface area contributed by atoms with Crippen molar-refractivity contribution in [1.82, 2.24) is 73.4 Å². The SMILES string of the molecule is CC(C)COc1ccn(-c2ccc(C(=O)NS(=O)(=O)c3cccnc3N)c(N3CC(C)CC34CCC4)n2)n1.CC(C)COc1ccn(-c2ccc(C(=O)NS(=O)(=O)c3cccnc3N)c(N3CC(C)CC34CCC4)n2)n1.CC(C)COc1ccn(-c2ccc(C(=O)NS(=O)(=O)c3cccnc3N)c(N3CC(C)CC34CCC4)n2)n1. The molecule has 36 heteroatoms. The van der Waals surface area contributed by atoms with E-state index in [0.29, 0.717) is 108 Å². The second-order valence-corrected chi connectivity index (χ2v) is 36.9. The lowest BCUT2D eigenvalue weighted by Gasteiger charge is -2.47. The van der Waals surface area contributed by atoms with Gasteiger partial charge in [-0.2, -0.15) is 0 Å². The molecule has 15 rings (SSSR count). The van der Waals surface area contributed by atoms with Crippen molar-refractivity contribution in [2.45, 2.75) is 171 Å². The largest absolute Gasteiger partial charge is 0.476 e. The second kappa shape index (κ2) is 32.8. The third-order valence-electron chi connectivity index (χ3n) is 21.4. The van der Waals surface area contributed by atoms with Crippen LogP contribution in [0.5, 0.6) is 17.6 Å². The van der Waals surface area contributed by atoms with Crippen LogP contribution in [-0.4, -0.2) is 158 Å². The number of hydrogen-bond donors (Lipinski definition) is 6. The number of carbonyl (C=O) groups excluding carboxylic acids is 3. The van der Waals surface area contributed by atoms with Gasteiger partial charge in [0.15, 0.2) is 17.5 Å². The van der Waals surface area contributed by atoms with Gasteiger partial charge in [0.05, 0.1) is 36.5 Å². The van der Waals surface area contributed by atoms with Crippen molar-refractivity contribution in [3.05, 3.63) is 145 Å². The number of ether oxygens (including phenoxy) is 3. The van der Waals surface area contributed by atoms with Gasteiger partial charge in [0, 0.05) is 91.6 Å². The molecule has 3 amide bonds. The molecule has 3 atom stereocenters. The third kappa shape index (κ3) is 17.4. The Kier molecular flexibility index (Phi) is 23.3. The number of nitrogens with zero attached hydrogens (tertiary/aromatic N) is 15. The van der Waals surface area contributed by atoms with Crippen molar-refractivity contribution in [3.63, 3.8) is 0 Å². The minimum Gasteiger partial charge on any atom is -0.476 e. The van der Waals surface area contributed by atoms with Gasteiger partial charge < -0.3 is 46.1 Å². The van der Waals surface area contributed by atoms with Gasteiger partial charge in [-0.05, 0) is 185 Å². The van der Waals surface area contributed by atoms with Crippen LogP contribution in [0.3, 0.4) is 0 Å². The Morgan fingerprint density at radius 3 is 0.912 bits per heavy atom. The molecular formula is C78H99N21O12S3. The Morgan fingerprint density at radius 2 is 0.684 bits per heavy atom. The fourth-order valence-corrected chi connectivity index (χ4v) is 19.0. The normalized spacial score (nSPS) is 18.5. The van der Waals surface area contributed by atoms with Gasteiger partial charge in [-0.15, -0.1) is 15.3 Å². The van der Waals surface area contributed by atoms with Crippen LogP contribution in [-0.2, 0) is 30.1 Å². The summed E-state index contributed by atoms with van der Waals surface area (Å²) >= 11 is 0. The molecule has 0 bridgehead atoms. The molecule has 6 fully saturated rings. The smallest absolute Gasteiger partial charge is 0.268 e. The van der Waals surface area contributed by atoms with Gasteiger partial charge in [0.25, 0.3) is 47.8 Å². The molecule has 3 aliphatic carbocycles. The van der Waals surface area contributed by atoms with Crippen molar-refractivity contribution in [1.29, 1.82) is 0 Å². The van der Waals surface area contributed by atoms with E-state index in [0.717, 1.165) is 96.7 Å². The highest BCUT2D eigenvalue weighted by Gasteiger charge is 2.53. The number of carbonyl (C=O) groups is 3. The summed E-state index contributed by atoms with van der Waals surface area (Å²) in [4.78, 5) is 72.3. The zero-order valence-corrected chi connectivity index (χ0v) is 67.8. The first-order chi connectivity index (χ1) is 54.2. The van der Waals surface area contributed by atoms with Crippen LogP contribution in [0, 0.1) is 35.5 Å². The lowest BCUT2D eigenvalue weighted by atomic mass is 9.73. The number of rotatable bonds is 24. The molecule has 3 spiro atoms. The van der Waals surface area contributed by atoms with Crippen LogP contribution in [0.25, 0.3) is 17.5 Å². The molecule has 3 aliphatic heterocycles. The van der Waals surface area contributed by atoms with Crippen LogP contribution >= 0.6 is 0 Å². The van der Waals surface area contributed by atoms with Gasteiger partial charge in [0.2, 0.25) is 17.6 Å². The van der Waals surface area contributed by atoms with Crippen LogP contribution in [0.1, 0.15) is 170 Å². The van der Waals surface area contributed by atoms with E-state index < -0.39 is 47.8 Å². The second-order valence-electron chi connectivity index (χ2n) is 32.0. The summed E-state index contributed by atoms with van der Waals surface area (Å²) < 4.78 is 106. The monoisotopic (exact) mass is 1620 g/mol. The zero-order chi connectivity index (χ0) is 81.2. The van der Waals surface area contributed by atoms with Crippen molar-refractivity contribution < 1.29 is 53.8 Å². The van der Waals surface area contributed by atoms with E-state index in [-0.39, 0.29) is 65.4 Å². The average molecular weight is 1620 g/mol. The Morgan fingerprint density at radius 1 is 0.421 bits per heavy atom. The van der Waals surface area contributed by atoms with Gasteiger partial charge in [-0.3, -0.25) is 14.4 Å². The minimum absolute atomic E-state index is 0.0810. The lowest BCUT2D eigenvalue weighted by molar-refractivity contribution is 0.0972. The number of nitrogens with two attached hydrogens (primary N) is 3. The molecule has 0 radical (unpaired) electrons. The van der Waals surface area contributed by atoms with Crippen molar-refractivity contribution in [2.75, 3.05) is 71.4 Å². The number of aromatic nitrogens is 12. The topological polar surface area (TPSA) is 436 Å². The van der Waals surface area contributed by atoms with Gasteiger partial charge in [0.1, 0.15) is 49.6 Å². The van der Waals surface area contributed by atoms with Crippen molar-refractivity contribution in [3.8, 4) is 35.1 Å². The van der Waals surface area contributed by atoms with Gasteiger partial charge >= 0.3 is 0 Å². The molecular weight excluding hydrogens is 1520 g/mol. The lowest BCUT2D eigenvalue weighted by Crippen LogP contribution is -2.50. The van der Waals surface area contributed by atoms with Crippen LogP contribution in [0.4, 0.5) is 34.9 Å². The minimum atomic E-state index is -4.25. The first kappa shape index (κ1) is 81.0. The van der Waals surface area contributed by atoms with E-state index in [2.05, 4.69) is 121 Å². The number of nitrogen functional groups attached to an aromatic ring is 3. The maximum Gasteiger partial charge on any atom is 0.268 e. The molecule has 3 saturated heterocycles. The van der Waals surface area contributed by atoms with E-state index in [1.165, 1.54) is 55.0 Å². The van der Waals surface area contributed by atoms with E-state index in [9.17, 15) is 39.6 Å². The zero-order valence-electron chi connectivity index (χ0n) is 65.4. The number of amides is 3. The van der Waals surface area contributed by atoms with Gasteiger partial charge in [-0.25, -0.2) is 83.4 Å². The summed E-state index contributed by atoms with van der Waals surface area (Å²) in [6.45, 7) is 22.7. The van der Waals surface area contributed by atoms with Crippen LogP contribution in [0.2, 0.25) is 0 Å². The van der Waals surface area contributed by atoms with E-state index in [1.807, 2.05) is 0 Å². The fraction of sp³-hybridized carbons (Fsp3) is 0.462. The third-order valence-corrected chi connectivity index (χ3v) is 25.5. The van der Waals surface area contributed by atoms with Crippen molar-refractivity contribution in [2.24, 2.45) is 35.5 Å². The molecule has 3 saturated carbocycles. The van der Waals surface area contributed by atoms with E-state index >= 15 is 0 Å². The molecule has 9 aromatic heterocycles. The maximum atomic E-state index is 13.5. The average Bonchev–Trinajstić information content (AvgIpc) is 1.57. The molecule has 114 heavy (non-hydrogen) atoms. The first-order valence-electron chi connectivity index (χ1n) is 38.5. The summed E-state index contributed by atoms with van der Waals surface area (Å²) in [7, 11) is -12.7. The van der Waals surface area contributed by atoms with Crippen LogP contribution < -0.4 is 60.3 Å². The number of anilines is 6. The molecule has 33 nitrogen and oxygen atoms in total. The summed E-state index contributed by atoms with van der Waals surface area (Å²) in [6.07, 6.45) is 21.8. The number of nitrogens with one attached hydrogen (secondary N) is 3. The summed E-state index contributed by atoms with van der Waals surface area (Å²) in [5.41, 5.74) is 17.6. The first-order valence-corrected chi connectivity index (χ1v) is 42.9. The molecule has 9 aromatic rings. The Hall–Kier alpha value is -11.0. The quantitative estimate of drug-likeness (QED) is 0.0328. The standard InChI is InChI=1S/3C26H33N7O4S/c3*1-17(2)16-37-22-9-13-33(30-22)21-8-7-19(24(29-21)32-15-18(3)14-26(32)10-5-11-26)25(34)31-38(35,36)20-6-4-12-28-23(20)27/h3*4,6-9,12-13,17-18H,5,10-11,14-16H2,1-3H3,(H2,27,28)(H,31,34). The molecule has 6 aliphatic rings. The molecule has 9 N–H and O–H groups in total. The summed E-state index contributed by atoms with van der Waals surface area (Å²) in [5, 5.41) is 13.5. The fourth-order valence-electron chi connectivity index (χ4n) is 15.8. The summed E-state index contributed by atoms with van der Waals surface area (Å²) in [6, 6.07) is 23.3. The molecule has 606 valence electrons. The van der Waals surface area contributed by atoms with Gasteiger partial charge in [-0.1, -0.05) is 62.3 Å². The number of pyridine rings is 6.